The number of rotatable bonds is 8. The number of benzene rings is 4. The summed E-state index contributed by atoms with van der Waals surface area (Å²) in [6.07, 6.45) is 4.81. The van der Waals surface area contributed by atoms with E-state index >= 15 is 0 Å². The molecule has 282 valence electrons. The molecule has 0 saturated heterocycles. The van der Waals surface area contributed by atoms with E-state index in [4.69, 9.17) is 0 Å². The van der Waals surface area contributed by atoms with Crippen molar-refractivity contribution < 1.29 is 90.8 Å². The zero-order valence-corrected chi connectivity index (χ0v) is 33.7. The van der Waals surface area contributed by atoms with Crippen LogP contribution in [0.5, 0.6) is 0 Å². The molecule has 0 aliphatic heterocycles. The Morgan fingerprint density at radius 2 is 0.481 bits per heavy atom. The van der Waals surface area contributed by atoms with Gasteiger partial charge in [0.1, 0.15) is 23.0 Å². The van der Waals surface area contributed by atoms with Crippen LogP contribution in [0.25, 0.3) is 23.0 Å². The molecule has 4 aromatic rings. The Labute approximate surface area is 330 Å². The second-order valence-corrected chi connectivity index (χ2v) is 10.0. The van der Waals surface area contributed by atoms with E-state index in [1.807, 2.05) is 24.3 Å². The largest absolute Gasteiger partial charge is 0.507 e. The summed E-state index contributed by atoms with van der Waals surface area (Å²) in [6, 6.07) is 35.8. The average molecular weight is 1070 g/mol. The third-order valence-corrected chi connectivity index (χ3v) is 5.64. The first kappa shape index (κ1) is 53.7. The topological polar surface area (TPSA) is 212 Å². The van der Waals surface area contributed by atoms with Gasteiger partial charge < -0.3 is 31.4 Å². The van der Waals surface area contributed by atoms with E-state index in [1.165, 1.54) is 52.0 Å². The summed E-state index contributed by atoms with van der Waals surface area (Å²) >= 11 is 0. The van der Waals surface area contributed by atoms with Crippen LogP contribution in [0.3, 0.4) is 0 Å². The predicted molar refractivity (Wildman–Crippen MR) is 198 cm³/mol. The molecular formula is C40H44Ir2O10. The molecule has 10 nitrogen and oxygen atoms in total. The van der Waals surface area contributed by atoms with Gasteiger partial charge in [-0.2, -0.15) is 0 Å². The van der Waals surface area contributed by atoms with Gasteiger partial charge in [-0.25, -0.2) is 0 Å². The minimum atomic E-state index is -0.156. The maximum Gasteiger partial charge on any atom is 0.156 e. The van der Waals surface area contributed by atoms with Crippen LogP contribution in [0, 0.1) is 0 Å². The molecule has 4 aromatic carbocycles. The fourth-order valence-electron chi connectivity index (χ4n) is 3.54. The van der Waals surface area contributed by atoms with Gasteiger partial charge in [0.05, 0.1) is 0 Å². The average Bonchev–Trinajstić information content (AvgIpc) is 3.06. The Morgan fingerprint density at radius 1 is 0.346 bits per heavy atom. The van der Waals surface area contributed by atoms with Crippen LogP contribution < -0.4 is 0 Å². The molecule has 52 heavy (non-hydrogen) atoms. The van der Waals surface area contributed by atoms with Gasteiger partial charge in [-0.15, -0.1) is 0 Å². The molecule has 0 saturated carbocycles. The number of ketones is 4. The van der Waals surface area contributed by atoms with Gasteiger partial charge >= 0.3 is 0 Å². The van der Waals surface area contributed by atoms with Crippen molar-refractivity contribution in [2.75, 3.05) is 0 Å². The van der Waals surface area contributed by atoms with Gasteiger partial charge in [-0.1, -0.05) is 121 Å². The minimum absolute atomic E-state index is 0. The SMILES string of the molecule is CC(=O)/C=C(\O)c1ccccc1.CC(=O)/C=C(\O)c1ccccc1.CC(=O)/C=C(\O)c1ccccc1.CC(=O)/C=C(\O)c1ccccc1.O.O.[Ir].[Ir]. The van der Waals surface area contributed by atoms with Crippen LogP contribution in [-0.2, 0) is 59.4 Å². The Morgan fingerprint density at radius 3 is 0.596 bits per heavy atom. The smallest absolute Gasteiger partial charge is 0.156 e. The minimum Gasteiger partial charge on any atom is -0.507 e. The number of hydrogen-bond acceptors (Lipinski definition) is 8. The van der Waals surface area contributed by atoms with Gasteiger partial charge in [0.25, 0.3) is 0 Å². The quantitative estimate of drug-likeness (QED) is 0.106. The van der Waals surface area contributed by atoms with Crippen molar-refractivity contribution in [2.24, 2.45) is 0 Å². The van der Waals surface area contributed by atoms with Crippen LogP contribution in [0.2, 0.25) is 0 Å². The second kappa shape index (κ2) is 30.7. The van der Waals surface area contributed by atoms with Crippen molar-refractivity contribution in [2.45, 2.75) is 27.7 Å². The van der Waals surface area contributed by atoms with Crippen molar-refractivity contribution in [3.63, 3.8) is 0 Å². The summed E-state index contributed by atoms with van der Waals surface area (Å²) in [4.78, 5) is 42.4. The molecule has 0 fully saturated rings. The number of carbonyl (C=O) groups excluding carboxylic acids is 4. The molecule has 0 aromatic heterocycles. The summed E-state index contributed by atoms with van der Waals surface area (Å²) in [5.41, 5.74) is 2.64. The van der Waals surface area contributed by atoms with E-state index in [-0.39, 0.29) is 97.3 Å². The normalized spacial score (nSPS) is 10.4. The van der Waals surface area contributed by atoms with E-state index in [2.05, 4.69) is 0 Å². The summed E-state index contributed by atoms with van der Waals surface area (Å²) in [5.74, 6) is -0.558. The summed E-state index contributed by atoms with van der Waals surface area (Å²) in [6.45, 7) is 5.61. The van der Waals surface area contributed by atoms with E-state index in [0.717, 1.165) is 0 Å². The molecule has 0 aliphatic rings. The fraction of sp³-hybridized carbons (Fsp3) is 0.100. The van der Waals surface area contributed by atoms with Crippen LogP contribution in [0.4, 0.5) is 0 Å². The number of allylic oxidation sites excluding steroid dienone is 4. The molecule has 0 unspecified atom stereocenters. The van der Waals surface area contributed by atoms with Crippen LogP contribution >= 0.6 is 0 Å². The number of hydrogen-bond donors (Lipinski definition) is 4. The van der Waals surface area contributed by atoms with Crippen LogP contribution in [-0.4, -0.2) is 54.5 Å². The summed E-state index contributed by atoms with van der Waals surface area (Å²) in [5, 5.41) is 37.3. The van der Waals surface area contributed by atoms with E-state index in [0.29, 0.717) is 22.3 Å². The molecule has 4 rings (SSSR count). The number of carbonyl (C=O) groups is 4. The molecule has 2 radical (unpaired) electrons. The van der Waals surface area contributed by atoms with Crippen molar-refractivity contribution in [3.8, 4) is 0 Å². The van der Waals surface area contributed by atoms with Crippen LogP contribution in [0.15, 0.2) is 146 Å². The van der Waals surface area contributed by atoms with Gasteiger partial charge in [0.2, 0.25) is 0 Å². The molecule has 0 amide bonds. The zero-order chi connectivity index (χ0) is 35.9. The molecule has 0 spiro atoms. The molecule has 0 aliphatic carbocycles. The second-order valence-electron chi connectivity index (χ2n) is 10.0. The summed E-state index contributed by atoms with van der Waals surface area (Å²) in [7, 11) is 0. The number of aliphatic hydroxyl groups excluding tert-OH is 4. The Kier molecular flexibility index (Phi) is 31.8. The van der Waals surface area contributed by atoms with Crippen molar-refractivity contribution in [3.05, 3.63) is 168 Å². The maximum absolute atomic E-state index is 10.6. The molecule has 0 heterocycles. The first-order valence-electron chi connectivity index (χ1n) is 14.7. The maximum atomic E-state index is 10.6. The third kappa shape index (κ3) is 25.0. The molecular weight excluding hydrogens is 1020 g/mol. The Hall–Kier alpha value is -5.06. The fourth-order valence-corrected chi connectivity index (χ4v) is 3.54. The Bertz CT molecular complexity index is 1470. The monoisotopic (exact) mass is 1070 g/mol. The first-order chi connectivity index (χ1) is 22.8. The zero-order valence-electron chi connectivity index (χ0n) is 28.9. The van der Waals surface area contributed by atoms with Crippen LogP contribution in [0.1, 0.15) is 49.9 Å². The summed E-state index contributed by atoms with van der Waals surface area (Å²) < 4.78 is 0. The van der Waals surface area contributed by atoms with Crippen molar-refractivity contribution in [1.29, 1.82) is 0 Å². The van der Waals surface area contributed by atoms with Gasteiger partial charge in [-0.05, 0) is 27.7 Å². The van der Waals surface area contributed by atoms with E-state index in [1.54, 1.807) is 97.1 Å². The van der Waals surface area contributed by atoms with Gasteiger partial charge in [0, 0.05) is 86.8 Å². The molecule has 12 heteroatoms. The van der Waals surface area contributed by atoms with Crippen molar-refractivity contribution in [1.82, 2.24) is 0 Å². The predicted octanol–water partition coefficient (Wildman–Crippen LogP) is 7.04. The van der Waals surface area contributed by atoms with E-state index in [9.17, 15) is 39.6 Å². The molecule has 0 bridgehead atoms. The van der Waals surface area contributed by atoms with E-state index < -0.39 is 0 Å². The number of aliphatic hydroxyl groups is 4. The van der Waals surface area contributed by atoms with Crippen molar-refractivity contribution >= 4 is 46.2 Å². The van der Waals surface area contributed by atoms with Gasteiger partial charge in [0.15, 0.2) is 23.1 Å². The Balaban J connectivity index is -0.000000288. The first-order valence-corrected chi connectivity index (χ1v) is 14.7. The standard InChI is InChI=1S/4C10H10O2.2Ir.2H2O/c4*1-8(11)7-10(12)9-5-3-2-4-6-9;;;;/h4*2-7,12H,1H3;;;2*1H2/b4*10-7-;;;;. The molecule has 0 atom stereocenters. The molecule has 8 N–H and O–H groups in total. The third-order valence-electron chi connectivity index (χ3n) is 5.64. The van der Waals surface area contributed by atoms with Gasteiger partial charge in [-0.3, -0.25) is 19.2 Å².